The molecule has 0 bridgehead atoms. The van der Waals surface area contributed by atoms with Crippen LogP contribution in [0.2, 0.25) is 0 Å². The third-order valence-corrected chi connectivity index (χ3v) is 11.0. The van der Waals surface area contributed by atoms with Gasteiger partial charge in [-0.2, -0.15) is 0 Å². The minimum absolute atomic E-state index is 0.0538. The number of aryl methyl sites for hydroxylation is 1. The van der Waals surface area contributed by atoms with E-state index in [-0.39, 0.29) is 5.41 Å². The van der Waals surface area contributed by atoms with E-state index in [0.717, 1.165) is 19.3 Å². The lowest BCUT2D eigenvalue weighted by molar-refractivity contribution is 0.641. The van der Waals surface area contributed by atoms with Crippen LogP contribution >= 0.6 is 0 Å². The first-order valence-electron chi connectivity index (χ1n) is 17.4. The fourth-order valence-corrected chi connectivity index (χ4v) is 8.85. The highest BCUT2D eigenvalue weighted by Gasteiger charge is 2.34. The van der Waals surface area contributed by atoms with Crippen LogP contribution in [0.1, 0.15) is 57.2 Å². The summed E-state index contributed by atoms with van der Waals surface area (Å²) in [6.07, 6.45) is 10.2. The van der Waals surface area contributed by atoms with E-state index in [4.69, 9.17) is 0 Å². The molecule has 2 heteroatoms. The Hall–Kier alpha value is -5.34. The summed E-state index contributed by atoms with van der Waals surface area (Å²) < 4.78 is 2.54. The molecule has 0 unspecified atom stereocenters. The van der Waals surface area contributed by atoms with Gasteiger partial charge in [0, 0.05) is 32.7 Å². The quantitative estimate of drug-likeness (QED) is 0.190. The zero-order chi connectivity index (χ0) is 32.6. The van der Waals surface area contributed by atoms with Gasteiger partial charge in [0.25, 0.3) is 0 Å². The number of allylic oxidation sites excluding steroid dienone is 1. The molecule has 1 aromatic heterocycles. The first-order valence-corrected chi connectivity index (χ1v) is 17.4. The second-order valence-electron chi connectivity index (χ2n) is 13.8. The Morgan fingerprint density at radius 3 is 2.33 bits per heavy atom. The number of hydrogen-bond donors (Lipinski definition) is 0. The first kappa shape index (κ1) is 28.8. The monoisotopic (exact) mass is 620 g/mol. The fourth-order valence-electron chi connectivity index (χ4n) is 8.85. The average Bonchev–Trinajstić information content (AvgIpc) is 3.45. The maximum absolute atomic E-state index is 2.54. The van der Waals surface area contributed by atoms with Crippen molar-refractivity contribution in [2.24, 2.45) is 0 Å². The molecular formula is C46H40N2. The standard InChI is InChI=1S/C46H40N2/c1-5-33-38-29-32(26-27-42(38)48-43-24-14-13-23-40(43)46(3,4)39(6-2)45(33)48)47(41-25-15-18-30-16-7-10-20-35(30)41)44-28-31-17-8-9-19-34(31)36-21-11-12-22-37(36)44/h5,7-10,12-20,22-29H,6,11,21H2,1-4H3/b33-5-. The SMILES string of the molecule is C/C=c1\c2n(c3ccc(N(c4cc5ccccc5c5c4C=CCC5)c4cccc5ccccc45)cc13)-c1ccccc1C(C)(C)C=2CC. The lowest BCUT2D eigenvalue weighted by atomic mass is 9.74. The molecule has 6 aromatic carbocycles. The largest absolute Gasteiger partial charge is 0.309 e. The molecule has 0 amide bonds. The molecule has 1 aliphatic heterocycles. The summed E-state index contributed by atoms with van der Waals surface area (Å²) in [6.45, 7) is 9.32. The Morgan fingerprint density at radius 2 is 1.50 bits per heavy atom. The van der Waals surface area contributed by atoms with Crippen LogP contribution in [0.5, 0.6) is 0 Å². The minimum atomic E-state index is -0.0538. The lowest BCUT2D eigenvalue weighted by Gasteiger charge is -2.35. The van der Waals surface area contributed by atoms with Crippen LogP contribution in [-0.4, -0.2) is 4.57 Å². The lowest BCUT2D eigenvalue weighted by Crippen LogP contribution is -2.41. The van der Waals surface area contributed by atoms with E-state index in [0.29, 0.717) is 0 Å². The minimum Gasteiger partial charge on any atom is -0.309 e. The highest BCUT2D eigenvalue weighted by molar-refractivity contribution is 6.04. The molecule has 0 saturated heterocycles. The van der Waals surface area contributed by atoms with Crippen molar-refractivity contribution in [2.75, 3.05) is 4.90 Å². The molecule has 0 saturated carbocycles. The molecule has 2 nitrogen and oxygen atoms in total. The van der Waals surface area contributed by atoms with Crippen LogP contribution in [0, 0.1) is 0 Å². The molecule has 2 heterocycles. The van der Waals surface area contributed by atoms with Crippen molar-refractivity contribution in [1.29, 1.82) is 0 Å². The van der Waals surface area contributed by atoms with E-state index in [1.165, 1.54) is 88.0 Å². The molecule has 0 spiro atoms. The van der Waals surface area contributed by atoms with Crippen molar-refractivity contribution in [3.05, 3.63) is 149 Å². The number of rotatable bonds is 4. The Morgan fingerprint density at radius 1 is 0.750 bits per heavy atom. The van der Waals surface area contributed by atoms with Crippen molar-refractivity contribution in [2.45, 2.75) is 52.4 Å². The molecule has 2 aliphatic rings. The Bertz CT molecular complexity index is 2590. The molecule has 0 fully saturated rings. The molecule has 1 aliphatic carbocycles. The van der Waals surface area contributed by atoms with Gasteiger partial charge in [-0.05, 0) is 95.4 Å². The van der Waals surface area contributed by atoms with E-state index in [9.17, 15) is 0 Å². The van der Waals surface area contributed by atoms with Crippen molar-refractivity contribution in [3.8, 4) is 5.69 Å². The average molecular weight is 621 g/mol. The van der Waals surface area contributed by atoms with E-state index >= 15 is 0 Å². The predicted molar refractivity (Wildman–Crippen MR) is 206 cm³/mol. The number of anilines is 3. The van der Waals surface area contributed by atoms with Gasteiger partial charge < -0.3 is 9.47 Å². The molecule has 9 rings (SSSR count). The smallest absolute Gasteiger partial charge is 0.0543 e. The van der Waals surface area contributed by atoms with Gasteiger partial charge in [-0.3, -0.25) is 0 Å². The number of hydrogen-bond acceptors (Lipinski definition) is 1. The zero-order valence-corrected chi connectivity index (χ0v) is 28.2. The van der Waals surface area contributed by atoms with Gasteiger partial charge in [0.15, 0.2) is 0 Å². The summed E-state index contributed by atoms with van der Waals surface area (Å²) in [5, 5.41) is 9.12. The van der Waals surface area contributed by atoms with Crippen LogP contribution < -0.4 is 15.5 Å². The van der Waals surface area contributed by atoms with Gasteiger partial charge in [0.05, 0.1) is 27.9 Å². The summed E-state index contributed by atoms with van der Waals surface area (Å²) in [5.41, 5.74) is 11.7. The van der Waals surface area contributed by atoms with Crippen LogP contribution in [0.25, 0.3) is 55.9 Å². The summed E-state index contributed by atoms with van der Waals surface area (Å²) in [7, 11) is 0. The second kappa shape index (κ2) is 10.9. The number of aromatic nitrogens is 1. The predicted octanol–water partition coefficient (Wildman–Crippen LogP) is 11.0. The Kier molecular flexibility index (Phi) is 6.52. The van der Waals surface area contributed by atoms with Crippen LogP contribution in [0.15, 0.2) is 121 Å². The highest BCUT2D eigenvalue weighted by atomic mass is 15.1. The summed E-state index contributed by atoms with van der Waals surface area (Å²) >= 11 is 0. The maximum atomic E-state index is 2.54. The highest BCUT2D eigenvalue weighted by Crippen LogP contribution is 2.46. The number of benzene rings is 6. The molecule has 7 aromatic rings. The summed E-state index contributed by atoms with van der Waals surface area (Å²) in [6, 6.07) is 43.0. The van der Waals surface area contributed by atoms with E-state index in [1.54, 1.807) is 0 Å². The van der Waals surface area contributed by atoms with E-state index in [1.807, 2.05) is 0 Å². The van der Waals surface area contributed by atoms with Gasteiger partial charge >= 0.3 is 0 Å². The zero-order valence-electron chi connectivity index (χ0n) is 28.2. The molecule has 234 valence electrons. The first-order chi connectivity index (χ1) is 23.5. The molecular weight excluding hydrogens is 581 g/mol. The molecule has 48 heavy (non-hydrogen) atoms. The van der Waals surface area contributed by atoms with Gasteiger partial charge in [0.1, 0.15) is 0 Å². The maximum Gasteiger partial charge on any atom is 0.0543 e. The van der Waals surface area contributed by atoms with Gasteiger partial charge in [0.2, 0.25) is 0 Å². The van der Waals surface area contributed by atoms with Crippen LogP contribution in [0.3, 0.4) is 0 Å². The molecule has 0 N–H and O–H groups in total. The Balaban J connectivity index is 1.40. The summed E-state index contributed by atoms with van der Waals surface area (Å²) in [5.74, 6) is 0. The third kappa shape index (κ3) is 4.05. The van der Waals surface area contributed by atoms with Crippen molar-refractivity contribution in [1.82, 2.24) is 4.57 Å². The van der Waals surface area contributed by atoms with Crippen LogP contribution in [0.4, 0.5) is 17.1 Å². The number of para-hydroxylation sites is 1. The number of nitrogens with zero attached hydrogens (tertiary/aromatic N) is 2. The number of fused-ring (bicyclic) bond motifs is 9. The molecule has 0 radical (unpaired) electrons. The van der Waals surface area contributed by atoms with Gasteiger partial charge in [-0.25, -0.2) is 0 Å². The third-order valence-electron chi connectivity index (χ3n) is 11.0. The fraction of sp³-hybridized carbons (Fsp3) is 0.174. The van der Waals surface area contributed by atoms with Crippen molar-refractivity contribution < 1.29 is 0 Å². The Labute approximate surface area is 282 Å². The summed E-state index contributed by atoms with van der Waals surface area (Å²) in [4.78, 5) is 2.53. The van der Waals surface area contributed by atoms with Crippen molar-refractivity contribution >= 4 is 67.2 Å². The molecule has 0 atom stereocenters. The topological polar surface area (TPSA) is 8.17 Å². The van der Waals surface area contributed by atoms with E-state index in [2.05, 4.69) is 171 Å². The van der Waals surface area contributed by atoms with Gasteiger partial charge in [-0.1, -0.05) is 118 Å². The second-order valence-corrected chi connectivity index (χ2v) is 13.8. The van der Waals surface area contributed by atoms with Crippen LogP contribution in [-0.2, 0) is 11.8 Å². The van der Waals surface area contributed by atoms with Gasteiger partial charge in [-0.15, -0.1) is 0 Å². The normalized spacial score (nSPS) is 15.2. The van der Waals surface area contributed by atoms with Crippen molar-refractivity contribution in [3.63, 3.8) is 0 Å². The van der Waals surface area contributed by atoms with E-state index < -0.39 is 0 Å².